The smallest absolute Gasteiger partial charge is 0.00183 e. The van der Waals surface area contributed by atoms with Crippen molar-refractivity contribution in [2.45, 2.75) is 90.4 Å². The molecule has 2 saturated carbocycles. The SMILES string of the molecule is Cc1ccc2c(c1)CCC1C2CCC2(C)/C(=C/CCCCN3CCCC3)CCC12. The average Bonchev–Trinajstić information content (AvgIpc) is 3.35. The number of nitrogens with zero attached hydrogens (tertiary/aromatic N) is 1. The van der Waals surface area contributed by atoms with E-state index in [0.717, 1.165) is 17.8 Å². The zero-order chi connectivity index (χ0) is 19.8. The van der Waals surface area contributed by atoms with E-state index in [1.807, 2.05) is 5.57 Å². The zero-order valence-electron chi connectivity index (χ0n) is 18.9. The number of fused-ring (bicyclic) bond motifs is 5. The summed E-state index contributed by atoms with van der Waals surface area (Å²) in [6.45, 7) is 8.94. The first-order chi connectivity index (χ1) is 14.1. The molecule has 5 rings (SSSR count). The van der Waals surface area contributed by atoms with E-state index in [1.165, 1.54) is 95.8 Å². The summed E-state index contributed by atoms with van der Waals surface area (Å²) in [7, 11) is 0. The van der Waals surface area contributed by atoms with Gasteiger partial charge in [-0.2, -0.15) is 0 Å². The van der Waals surface area contributed by atoms with E-state index < -0.39 is 0 Å². The van der Waals surface area contributed by atoms with Crippen molar-refractivity contribution < 1.29 is 0 Å². The highest BCUT2D eigenvalue weighted by Crippen LogP contribution is 2.62. The molecule has 0 N–H and O–H groups in total. The molecular formula is C28H41N. The van der Waals surface area contributed by atoms with Crippen LogP contribution in [0.5, 0.6) is 0 Å². The minimum atomic E-state index is 0.512. The van der Waals surface area contributed by atoms with Crippen LogP contribution >= 0.6 is 0 Å². The molecular weight excluding hydrogens is 350 g/mol. The maximum Gasteiger partial charge on any atom is -0.00183 e. The Kier molecular flexibility index (Phi) is 5.63. The largest absolute Gasteiger partial charge is 0.303 e. The molecule has 4 atom stereocenters. The van der Waals surface area contributed by atoms with E-state index in [-0.39, 0.29) is 0 Å². The van der Waals surface area contributed by atoms with Gasteiger partial charge in [0.2, 0.25) is 0 Å². The van der Waals surface area contributed by atoms with Crippen molar-refractivity contribution in [3.8, 4) is 0 Å². The summed E-state index contributed by atoms with van der Waals surface area (Å²) in [6, 6.07) is 7.31. The first-order valence-corrected chi connectivity index (χ1v) is 12.7. The highest BCUT2D eigenvalue weighted by molar-refractivity contribution is 5.38. The molecule has 1 nitrogen and oxygen atoms in total. The molecule has 1 saturated heterocycles. The fourth-order valence-electron chi connectivity index (χ4n) is 7.66. The van der Waals surface area contributed by atoms with Gasteiger partial charge in [-0.1, -0.05) is 42.3 Å². The van der Waals surface area contributed by atoms with Crippen LogP contribution in [0.25, 0.3) is 0 Å². The van der Waals surface area contributed by atoms with Crippen molar-refractivity contribution in [3.05, 3.63) is 46.5 Å². The van der Waals surface area contributed by atoms with Crippen LogP contribution < -0.4 is 0 Å². The summed E-state index contributed by atoms with van der Waals surface area (Å²) in [6.07, 6.45) is 18.1. The second-order valence-electron chi connectivity index (χ2n) is 10.9. The number of aryl methyl sites for hydroxylation is 2. The van der Waals surface area contributed by atoms with Gasteiger partial charge in [-0.25, -0.2) is 0 Å². The van der Waals surface area contributed by atoms with E-state index in [9.17, 15) is 0 Å². The maximum atomic E-state index is 2.70. The molecule has 0 amide bonds. The predicted molar refractivity (Wildman–Crippen MR) is 123 cm³/mol. The third-order valence-electron chi connectivity index (χ3n) is 9.25. The fraction of sp³-hybridized carbons (Fsp3) is 0.714. The Balaban J connectivity index is 1.22. The number of rotatable bonds is 5. The highest BCUT2D eigenvalue weighted by Gasteiger charge is 2.52. The van der Waals surface area contributed by atoms with E-state index in [1.54, 1.807) is 11.1 Å². The van der Waals surface area contributed by atoms with E-state index in [2.05, 4.69) is 43.0 Å². The van der Waals surface area contributed by atoms with Gasteiger partial charge in [-0.3, -0.25) is 0 Å². The molecule has 29 heavy (non-hydrogen) atoms. The lowest BCUT2D eigenvalue weighted by Gasteiger charge is -2.49. The van der Waals surface area contributed by atoms with E-state index in [4.69, 9.17) is 0 Å². The number of likely N-dealkylation sites (tertiary alicyclic amines) is 1. The molecule has 1 aromatic carbocycles. The number of benzene rings is 1. The predicted octanol–water partition coefficient (Wildman–Crippen LogP) is 7.04. The van der Waals surface area contributed by atoms with Gasteiger partial charge < -0.3 is 4.90 Å². The first kappa shape index (κ1) is 19.9. The summed E-state index contributed by atoms with van der Waals surface area (Å²) in [5, 5.41) is 0. The molecule has 158 valence electrons. The van der Waals surface area contributed by atoms with Gasteiger partial charge in [0, 0.05) is 0 Å². The molecule has 0 radical (unpaired) electrons. The van der Waals surface area contributed by atoms with Crippen LogP contribution in [0.2, 0.25) is 0 Å². The molecule has 4 unspecified atom stereocenters. The van der Waals surface area contributed by atoms with Crippen molar-refractivity contribution in [1.29, 1.82) is 0 Å². The lowest BCUT2D eigenvalue weighted by molar-refractivity contribution is 0.0812. The van der Waals surface area contributed by atoms with Crippen molar-refractivity contribution in [1.82, 2.24) is 4.90 Å². The van der Waals surface area contributed by atoms with Gasteiger partial charge in [0.15, 0.2) is 0 Å². The quantitative estimate of drug-likeness (QED) is 0.384. The summed E-state index contributed by atoms with van der Waals surface area (Å²) in [4.78, 5) is 2.67. The van der Waals surface area contributed by atoms with Gasteiger partial charge in [0.05, 0.1) is 0 Å². The third kappa shape index (κ3) is 3.73. The minimum Gasteiger partial charge on any atom is -0.303 e. The lowest BCUT2D eigenvalue weighted by Crippen LogP contribution is -2.40. The molecule has 1 heteroatoms. The van der Waals surface area contributed by atoms with Crippen LogP contribution in [0.3, 0.4) is 0 Å². The molecule has 0 spiro atoms. The molecule has 4 aliphatic rings. The molecule has 3 fully saturated rings. The third-order valence-corrected chi connectivity index (χ3v) is 9.25. The molecule has 0 aromatic heterocycles. The second-order valence-corrected chi connectivity index (χ2v) is 10.9. The van der Waals surface area contributed by atoms with Crippen molar-refractivity contribution in [3.63, 3.8) is 0 Å². The van der Waals surface area contributed by atoms with Crippen LogP contribution in [0.15, 0.2) is 29.8 Å². The molecule has 1 heterocycles. The number of allylic oxidation sites excluding steroid dienone is 2. The fourth-order valence-corrected chi connectivity index (χ4v) is 7.66. The minimum absolute atomic E-state index is 0.512. The van der Waals surface area contributed by atoms with Crippen LogP contribution in [-0.2, 0) is 6.42 Å². The monoisotopic (exact) mass is 391 g/mol. The summed E-state index contributed by atoms with van der Waals surface area (Å²) in [5.41, 5.74) is 7.18. The number of hydrogen-bond donors (Lipinski definition) is 0. The lowest BCUT2D eigenvalue weighted by atomic mass is 9.55. The number of hydrogen-bond acceptors (Lipinski definition) is 1. The zero-order valence-corrected chi connectivity index (χ0v) is 18.9. The Morgan fingerprint density at radius 3 is 2.79 bits per heavy atom. The van der Waals surface area contributed by atoms with Crippen LogP contribution in [0, 0.1) is 24.2 Å². The molecule has 1 aliphatic heterocycles. The Labute approximate surface area is 179 Å². The Bertz CT molecular complexity index is 756. The normalized spacial score (nSPS) is 35.5. The van der Waals surface area contributed by atoms with Gasteiger partial charge in [0.1, 0.15) is 0 Å². The Hall–Kier alpha value is -1.08. The first-order valence-electron chi connectivity index (χ1n) is 12.7. The summed E-state index contributed by atoms with van der Waals surface area (Å²) >= 11 is 0. The van der Waals surface area contributed by atoms with Crippen LogP contribution in [-0.4, -0.2) is 24.5 Å². The van der Waals surface area contributed by atoms with Gasteiger partial charge in [-0.15, -0.1) is 0 Å². The van der Waals surface area contributed by atoms with Crippen LogP contribution in [0.4, 0.5) is 0 Å². The molecule has 0 bridgehead atoms. The van der Waals surface area contributed by atoms with Crippen LogP contribution in [0.1, 0.15) is 93.7 Å². The molecule has 3 aliphatic carbocycles. The van der Waals surface area contributed by atoms with E-state index in [0.29, 0.717) is 5.41 Å². The topological polar surface area (TPSA) is 3.24 Å². The summed E-state index contributed by atoms with van der Waals surface area (Å²) < 4.78 is 0. The van der Waals surface area contributed by atoms with Crippen molar-refractivity contribution in [2.75, 3.05) is 19.6 Å². The average molecular weight is 392 g/mol. The summed E-state index contributed by atoms with van der Waals surface area (Å²) in [5.74, 6) is 2.72. The van der Waals surface area contributed by atoms with E-state index >= 15 is 0 Å². The van der Waals surface area contributed by atoms with Gasteiger partial charge >= 0.3 is 0 Å². The van der Waals surface area contributed by atoms with Crippen molar-refractivity contribution >= 4 is 0 Å². The van der Waals surface area contributed by atoms with Crippen molar-refractivity contribution in [2.24, 2.45) is 17.3 Å². The second kappa shape index (κ2) is 8.22. The molecule has 1 aromatic rings. The maximum absolute atomic E-state index is 2.70. The Morgan fingerprint density at radius 2 is 1.93 bits per heavy atom. The van der Waals surface area contributed by atoms with Gasteiger partial charge in [-0.05, 0) is 131 Å². The van der Waals surface area contributed by atoms with Gasteiger partial charge in [0.25, 0.3) is 0 Å². The highest BCUT2D eigenvalue weighted by atomic mass is 15.1. The number of unbranched alkanes of at least 4 members (excludes halogenated alkanes) is 2. The Morgan fingerprint density at radius 1 is 1.07 bits per heavy atom. The standard InChI is InChI=1S/C28H41N/c1-21-9-12-24-22(20-21)10-13-26-25(24)15-16-28(2)23(11-14-27(26)28)8-4-3-5-17-29-18-6-7-19-29/h8-9,12,20,25-27H,3-7,10-11,13-19H2,1-2H3/b23-8+.